The normalized spacial score (nSPS) is 11.0. The van der Waals surface area contributed by atoms with Gasteiger partial charge < -0.3 is 10.1 Å². The molecule has 0 atom stereocenters. The zero-order valence-corrected chi connectivity index (χ0v) is 15.3. The standard InChI is InChI=1S/C25H19N3/c26-23-14-8-7-13-21(23)20-15-22(18-9-3-1-4-10-18)25-27-24(17-28(25)16-20)19-11-5-2-6-12-19/h1-17H,26H2. The van der Waals surface area contributed by atoms with Crippen molar-refractivity contribution in [3.63, 3.8) is 0 Å². The Labute approximate surface area is 163 Å². The topological polar surface area (TPSA) is 43.3 Å². The van der Waals surface area contributed by atoms with E-state index in [0.29, 0.717) is 0 Å². The van der Waals surface area contributed by atoms with Crippen LogP contribution in [0.15, 0.2) is 103 Å². The van der Waals surface area contributed by atoms with Gasteiger partial charge in [-0.1, -0.05) is 78.9 Å². The van der Waals surface area contributed by atoms with Gasteiger partial charge in [-0.05, 0) is 17.7 Å². The number of nitrogens with two attached hydrogens (primary N) is 1. The molecule has 0 spiro atoms. The van der Waals surface area contributed by atoms with Gasteiger partial charge in [0.1, 0.15) is 5.65 Å². The summed E-state index contributed by atoms with van der Waals surface area (Å²) >= 11 is 0. The van der Waals surface area contributed by atoms with E-state index in [1.165, 1.54) is 0 Å². The number of nitrogens with zero attached hydrogens (tertiary/aromatic N) is 2. The van der Waals surface area contributed by atoms with Crippen LogP contribution in [-0.4, -0.2) is 9.38 Å². The molecule has 2 aromatic heterocycles. The van der Waals surface area contributed by atoms with Crippen molar-refractivity contribution in [2.24, 2.45) is 0 Å². The monoisotopic (exact) mass is 361 g/mol. The lowest BCUT2D eigenvalue weighted by Gasteiger charge is -2.10. The van der Waals surface area contributed by atoms with Gasteiger partial charge in [0.15, 0.2) is 0 Å². The molecule has 0 fully saturated rings. The molecular formula is C25H19N3. The zero-order valence-electron chi connectivity index (χ0n) is 15.3. The van der Waals surface area contributed by atoms with Gasteiger partial charge in [-0.2, -0.15) is 0 Å². The minimum atomic E-state index is 0.768. The fourth-order valence-corrected chi connectivity index (χ4v) is 3.58. The van der Waals surface area contributed by atoms with E-state index in [1.807, 2.05) is 42.5 Å². The van der Waals surface area contributed by atoms with Gasteiger partial charge >= 0.3 is 0 Å². The summed E-state index contributed by atoms with van der Waals surface area (Å²) in [6, 6.07) is 30.8. The van der Waals surface area contributed by atoms with E-state index in [2.05, 4.69) is 65.3 Å². The summed E-state index contributed by atoms with van der Waals surface area (Å²) in [6.45, 7) is 0. The van der Waals surface area contributed by atoms with Crippen LogP contribution in [0.25, 0.3) is 39.2 Å². The highest BCUT2D eigenvalue weighted by molar-refractivity contribution is 5.86. The number of aromatic nitrogens is 2. The first-order chi connectivity index (χ1) is 13.8. The third kappa shape index (κ3) is 2.83. The molecule has 3 heteroatoms. The average Bonchev–Trinajstić information content (AvgIpc) is 3.19. The van der Waals surface area contributed by atoms with Gasteiger partial charge in [0.25, 0.3) is 0 Å². The molecule has 0 aliphatic heterocycles. The number of hydrogen-bond acceptors (Lipinski definition) is 2. The number of imidazole rings is 1. The maximum atomic E-state index is 6.26. The molecule has 0 saturated carbocycles. The van der Waals surface area contributed by atoms with Crippen molar-refractivity contribution in [2.75, 3.05) is 5.73 Å². The predicted octanol–water partition coefficient (Wildman–Crippen LogP) is 5.92. The molecule has 28 heavy (non-hydrogen) atoms. The summed E-state index contributed by atoms with van der Waals surface area (Å²) in [7, 11) is 0. The number of anilines is 1. The highest BCUT2D eigenvalue weighted by Gasteiger charge is 2.13. The van der Waals surface area contributed by atoms with Gasteiger partial charge in [0.2, 0.25) is 0 Å². The van der Waals surface area contributed by atoms with Crippen LogP contribution in [0.1, 0.15) is 0 Å². The second-order valence-corrected chi connectivity index (χ2v) is 6.82. The van der Waals surface area contributed by atoms with E-state index in [0.717, 1.165) is 44.8 Å². The van der Waals surface area contributed by atoms with Gasteiger partial charge in [-0.3, -0.25) is 0 Å². The summed E-state index contributed by atoms with van der Waals surface area (Å²) in [5, 5.41) is 0. The lowest BCUT2D eigenvalue weighted by molar-refractivity contribution is 1.19. The molecule has 5 aromatic rings. The van der Waals surface area contributed by atoms with Gasteiger partial charge in [-0.25, -0.2) is 4.98 Å². The van der Waals surface area contributed by atoms with Crippen molar-refractivity contribution in [3.05, 3.63) is 103 Å². The lowest BCUT2D eigenvalue weighted by Crippen LogP contribution is -1.94. The summed E-state index contributed by atoms with van der Waals surface area (Å²) in [6.07, 6.45) is 4.19. The molecule has 3 nitrogen and oxygen atoms in total. The largest absolute Gasteiger partial charge is 0.398 e. The van der Waals surface area contributed by atoms with Gasteiger partial charge in [-0.15, -0.1) is 0 Å². The summed E-state index contributed by atoms with van der Waals surface area (Å²) in [4.78, 5) is 4.95. The Morgan fingerprint density at radius 3 is 1.96 bits per heavy atom. The molecule has 2 heterocycles. The highest BCUT2D eigenvalue weighted by Crippen LogP contribution is 2.33. The van der Waals surface area contributed by atoms with Crippen LogP contribution >= 0.6 is 0 Å². The van der Waals surface area contributed by atoms with Crippen LogP contribution in [0.2, 0.25) is 0 Å². The first-order valence-corrected chi connectivity index (χ1v) is 9.28. The van der Waals surface area contributed by atoms with Gasteiger partial charge in [0, 0.05) is 40.3 Å². The van der Waals surface area contributed by atoms with Crippen LogP contribution in [-0.2, 0) is 0 Å². The van der Waals surface area contributed by atoms with Gasteiger partial charge in [0.05, 0.1) is 5.69 Å². The van der Waals surface area contributed by atoms with Crippen LogP contribution < -0.4 is 5.73 Å². The van der Waals surface area contributed by atoms with Crippen LogP contribution in [0.5, 0.6) is 0 Å². The van der Waals surface area contributed by atoms with Crippen molar-refractivity contribution in [1.29, 1.82) is 0 Å². The molecule has 0 bridgehead atoms. The third-order valence-electron chi connectivity index (χ3n) is 4.98. The van der Waals surface area contributed by atoms with E-state index in [1.54, 1.807) is 0 Å². The predicted molar refractivity (Wildman–Crippen MR) is 116 cm³/mol. The zero-order chi connectivity index (χ0) is 18.9. The Hall–Kier alpha value is -3.85. The smallest absolute Gasteiger partial charge is 0.145 e. The number of fused-ring (bicyclic) bond motifs is 1. The molecule has 3 aromatic carbocycles. The molecule has 0 aliphatic rings. The molecule has 0 radical (unpaired) electrons. The molecule has 2 N–H and O–H groups in total. The fourth-order valence-electron chi connectivity index (χ4n) is 3.58. The Morgan fingerprint density at radius 2 is 1.25 bits per heavy atom. The average molecular weight is 361 g/mol. The van der Waals surface area contributed by atoms with E-state index >= 15 is 0 Å². The number of rotatable bonds is 3. The molecule has 0 unspecified atom stereocenters. The Balaban J connectivity index is 1.79. The van der Waals surface area contributed by atoms with E-state index in [4.69, 9.17) is 10.7 Å². The molecular weight excluding hydrogens is 342 g/mol. The molecule has 0 saturated heterocycles. The lowest BCUT2D eigenvalue weighted by atomic mass is 10.0. The first kappa shape index (κ1) is 16.3. The van der Waals surface area contributed by atoms with Crippen LogP contribution in [0, 0.1) is 0 Å². The first-order valence-electron chi connectivity index (χ1n) is 9.28. The third-order valence-corrected chi connectivity index (χ3v) is 4.98. The van der Waals surface area contributed by atoms with Crippen LogP contribution in [0.3, 0.4) is 0 Å². The number of para-hydroxylation sites is 1. The van der Waals surface area contributed by atoms with E-state index in [9.17, 15) is 0 Å². The van der Waals surface area contributed by atoms with Crippen molar-refractivity contribution in [2.45, 2.75) is 0 Å². The minimum Gasteiger partial charge on any atom is -0.398 e. The molecule has 5 rings (SSSR count). The summed E-state index contributed by atoms with van der Waals surface area (Å²) in [5.41, 5.74) is 14.3. The number of benzene rings is 3. The maximum absolute atomic E-state index is 6.26. The number of nitrogen functional groups attached to an aromatic ring is 1. The fraction of sp³-hybridized carbons (Fsp3) is 0. The summed E-state index contributed by atoms with van der Waals surface area (Å²) in [5.74, 6) is 0. The van der Waals surface area contributed by atoms with Crippen molar-refractivity contribution in [1.82, 2.24) is 9.38 Å². The summed E-state index contributed by atoms with van der Waals surface area (Å²) < 4.78 is 2.10. The SMILES string of the molecule is Nc1ccccc1-c1cc(-c2ccccc2)c2nc(-c3ccccc3)cn2c1. The number of hydrogen-bond donors (Lipinski definition) is 1. The second-order valence-electron chi connectivity index (χ2n) is 6.82. The van der Waals surface area contributed by atoms with Crippen molar-refractivity contribution in [3.8, 4) is 33.5 Å². The van der Waals surface area contributed by atoms with E-state index < -0.39 is 0 Å². The maximum Gasteiger partial charge on any atom is 0.145 e. The quantitative estimate of drug-likeness (QED) is 0.406. The van der Waals surface area contributed by atoms with Crippen molar-refractivity contribution < 1.29 is 0 Å². The highest BCUT2D eigenvalue weighted by atomic mass is 15.0. The van der Waals surface area contributed by atoms with Crippen molar-refractivity contribution >= 4 is 11.3 Å². The Kier molecular flexibility index (Phi) is 3.91. The molecule has 0 aliphatic carbocycles. The van der Waals surface area contributed by atoms with Crippen LogP contribution in [0.4, 0.5) is 5.69 Å². The molecule has 134 valence electrons. The Bertz CT molecular complexity index is 1260. The number of pyridine rings is 1. The van der Waals surface area contributed by atoms with E-state index in [-0.39, 0.29) is 0 Å². The Morgan fingerprint density at radius 1 is 0.607 bits per heavy atom. The minimum absolute atomic E-state index is 0.768. The molecule has 0 amide bonds. The second kappa shape index (κ2) is 6.71.